The standard InChI is InChI=1S/C23H19F3N2O2/c24-23(25,26)20-11-4-3-9-19(20)22(30)28-14-12-27(13-15-28)21(29)18-10-5-7-16-6-1-2-8-17(16)18/h1-11H,12-15H2. The summed E-state index contributed by atoms with van der Waals surface area (Å²) in [5.74, 6) is -0.810. The average Bonchev–Trinajstić information content (AvgIpc) is 2.77. The Hall–Kier alpha value is -3.35. The fourth-order valence-electron chi connectivity index (χ4n) is 3.78. The molecule has 0 atom stereocenters. The molecule has 7 heteroatoms. The first-order valence-corrected chi connectivity index (χ1v) is 9.59. The third kappa shape index (κ3) is 3.75. The van der Waals surface area contributed by atoms with E-state index in [1.165, 1.54) is 23.1 Å². The van der Waals surface area contributed by atoms with Crippen LogP contribution in [0.15, 0.2) is 66.7 Å². The molecule has 3 aromatic carbocycles. The molecule has 1 heterocycles. The van der Waals surface area contributed by atoms with Gasteiger partial charge in [0.15, 0.2) is 0 Å². The molecule has 0 aliphatic carbocycles. The van der Waals surface area contributed by atoms with Gasteiger partial charge in [-0.3, -0.25) is 9.59 Å². The van der Waals surface area contributed by atoms with E-state index in [1.807, 2.05) is 36.4 Å². The third-order valence-electron chi connectivity index (χ3n) is 5.34. The Labute approximate surface area is 171 Å². The second-order valence-electron chi connectivity index (χ2n) is 7.15. The van der Waals surface area contributed by atoms with E-state index < -0.39 is 17.6 Å². The fourth-order valence-corrected chi connectivity index (χ4v) is 3.78. The van der Waals surface area contributed by atoms with Gasteiger partial charge in [-0.2, -0.15) is 13.2 Å². The number of hydrogen-bond donors (Lipinski definition) is 0. The van der Waals surface area contributed by atoms with Crippen LogP contribution in [0.3, 0.4) is 0 Å². The smallest absolute Gasteiger partial charge is 0.335 e. The largest absolute Gasteiger partial charge is 0.417 e. The Kier molecular flexibility index (Phi) is 5.20. The van der Waals surface area contributed by atoms with Crippen molar-refractivity contribution in [3.63, 3.8) is 0 Å². The molecule has 0 unspecified atom stereocenters. The van der Waals surface area contributed by atoms with Gasteiger partial charge < -0.3 is 9.80 Å². The Bertz CT molecular complexity index is 1100. The SMILES string of the molecule is O=C(c1ccccc1C(F)(F)F)N1CCN(C(=O)c2cccc3ccccc23)CC1. The molecule has 30 heavy (non-hydrogen) atoms. The molecule has 0 N–H and O–H groups in total. The Balaban J connectivity index is 1.49. The monoisotopic (exact) mass is 412 g/mol. The van der Waals surface area contributed by atoms with Crippen LogP contribution in [0.1, 0.15) is 26.3 Å². The van der Waals surface area contributed by atoms with E-state index in [9.17, 15) is 22.8 Å². The quantitative estimate of drug-likeness (QED) is 0.624. The fraction of sp³-hybridized carbons (Fsp3) is 0.217. The summed E-state index contributed by atoms with van der Waals surface area (Å²) in [5, 5.41) is 1.81. The minimum atomic E-state index is -4.60. The molecule has 0 radical (unpaired) electrons. The molecule has 2 amide bonds. The summed E-state index contributed by atoms with van der Waals surface area (Å²) in [6.45, 7) is 0.896. The second kappa shape index (κ2) is 7.82. The number of carbonyl (C=O) groups is 2. The topological polar surface area (TPSA) is 40.6 Å². The molecule has 0 saturated carbocycles. The highest BCUT2D eigenvalue weighted by atomic mass is 19.4. The number of alkyl halides is 3. The van der Waals surface area contributed by atoms with Crippen molar-refractivity contribution in [3.05, 3.63) is 83.4 Å². The molecule has 3 aromatic rings. The van der Waals surface area contributed by atoms with Crippen molar-refractivity contribution in [1.29, 1.82) is 0 Å². The number of carbonyl (C=O) groups excluding carboxylic acids is 2. The van der Waals surface area contributed by atoms with Crippen molar-refractivity contribution in [1.82, 2.24) is 9.80 Å². The first-order chi connectivity index (χ1) is 14.4. The average molecular weight is 412 g/mol. The summed E-state index contributed by atoms with van der Waals surface area (Å²) in [4.78, 5) is 28.7. The van der Waals surface area contributed by atoms with Crippen LogP contribution in [0.5, 0.6) is 0 Å². The zero-order valence-electron chi connectivity index (χ0n) is 16.0. The minimum absolute atomic E-state index is 0.144. The Morgan fingerprint density at radius 1 is 0.667 bits per heavy atom. The first kappa shape index (κ1) is 19.9. The lowest BCUT2D eigenvalue weighted by Crippen LogP contribution is -2.50. The molecule has 4 rings (SSSR count). The van der Waals surface area contributed by atoms with Crippen LogP contribution in [-0.2, 0) is 6.18 Å². The number of benzene rings is 3. The van der Waals surface area contributed by atoms with E-state index in [0.29, 0.717) is 5.56 Å². The molecule has 1 aliphatic rings. The van der Waals surface area contributed by atoms with Gasteiger partial charge >= 0.3 is 6.18 Å². The van der Waals surface area contributed by atoms with Crippen molar-refractivity contribution in [3.8, 4) is 0 Å². The predicted octanol–water partition coefficient (Wildman–Crippen LogP) is 4.46. The minimum Gasteiger partial charge on any atom is -0.335 e. The van der Waals surface area contributed by atoms with Gasteiger partial charge in [-0.1, -0.05) is 48.5 Å². The molecule has 154 valence electrons. The van der Waals surface area contributed by atoms with Crippen LogP contribution in [0.25, 0.3) is 10.8 Å². The number of piperazine rings is 1. The van der Waals surface area contributed by atoms with Crippen molar-refractivity contribution < 1.29 is 22.8 Å². The van der Waals surface area contributed by atoms with Gasteiger partial charge in [0, 0.05) is 31.7 Å². The van der Waals surface area contributed by atoms with E-state index in [4.69, 9.17) is 0 Å². The number of nitrogens with zero attached hydrogens (tertiary/aromatic N) is 2. The van der Waals surface area contributed by atoms with Crippen molar-refractivity contribution in [2.24, 2.45) is 0 Å². The van der Waals surface area contributed by atoms with E-state index in [0.717, 1.165) is 16.8 Å². The molecule has 0 aromatic heterocycles. The maximum absolute atomic E-state index is 13.2. The lowest BCUT2D eigenvalue weighted by atomic mass is 10.0. The molecule has 1 saturated heterocycles. The summed E-state index contributed by atoms with van der Waals surface area (Å²) < 4.78 is 39.7. The van der Waals surface area contributed by atoms with Crippen LogP contribution in [0.2, 0.25) is 0 Å². The normalized spacial score (nSPS) is 14.8. The highest BCUT2D eigenvalue weighted by molar-refractivity contribution is 6.07. The first-order valence-electron chi connectivity index (χ1n) is 9.59. The second-order valence-corrected chi connectivity index (χ2v) is 7.15. The number of fused-ring (bicyclic) bond motifs is 1. The highest BCUT2D eigenvalue weighted by Gasteiger charge is 2.36. The van der Waals surface area contributed by atoms with Gasteiger partial charge in [-0.05, 0) is 29.0 Å². The molecule has 1 aliphatic heterocycles. The van der Waals surface area contributed by atoms with Gasteiger partial charge in [0.25, 0.3) is 11.8 Å². The molecule has 0 bridgehead atoms. The molecule has 4 nitrogen and oxygen atoms in total. The number of rotatable bonds is 2. The summed E-state index contributed by atoms with van der Waals surface area (Å²) in [5.41, 5.74) is -0.724. The van der Waals surface area contributed by atoms with Crippen molar-refractivity contribution >= 4 is 22.6 Å². The maximum Gasteiger partial charge on any atom is 0.417 e. The summed E-state index contributed by atoms with van der Waals surface area (Å²) in [6, 6.07) is 17.9. The number of amides is 2. The van der Waals surface area contributed by atoms with Crippen LogP contribution in [0.4, 0.5) is 13.2 Å². The lowest BCUT2D eigenvalue weighted by Gasteiger charge is -2.35. The van der Waals surface area contributed by atoms with Crippen LogP contribution in [-0.4, -0.2) is 47.8 Å². The number of halogens is 3. The molecule has 0 spiro atoms. The Morgan fingerprint density at radius 2 is 1.17 bits per heavy atom. The van der Waals surface area contributed by atoms with Gasteiger partial charge in [0.1, 0.15) is 0 Å². The van der Waals surface area contributed by atoms with E-state index in [2.05, 4.69) is 0 Å². The van der Waals surface area contributed by atoms with Gasteiger partial charge in [-0.25, -0.2) is 0 Å². The van der Waals surface area contributed by atoms with Crippen LogP contribution in [0, 0.1) is 0 Å². The third-order valence-corrected chi connectivity index (χ3v) is 5.34. The molecule has 1 fully saturated rings. The van der Waals surface area contributed by atoms with E-state index in [1.54, 1.807) is 11.0 Å². The maximum atomic E-state index is 13.2. The summed E-state index contributed by atoms with van der Waals surface area (Å²) in [6.07, 6.45) is -4.60. The summed E-state index contributed by atoms with van der Waals surface area (Å²) in [7, 11) is 0. The predicted molar refractivity (Wildman–Crippen MR) is 107 cm³/mol. The van der Waals surface area contributed by atoms with E-state index >= 15 is 0 Å². The summed E-state index contributed by atoms with van der Waals surface area (Å²) >= 11 is 0. The van der Waals surface area contributed by atoms with Crippen LogP contribution >= 0.6 is 0 Å². The van der Waals surface area contributed by atoms with Crippen molar-refractivity contribution in [2.75, 3.05) is 26.2 Å². The number of hydrogen-bond acceptors (Lipinski definition) is 2. The highest BCUT2D eigenvalue weighted by Crippen LogP contribution is 2.32. The van der Waals surface area contributed by atoms with Crippen molar-refractivity contribution in [2.45, 2.75) is 6.18 Å². The molecular formula is C23H19F3N2O2. The van der Waals surface area contributed by atoms with Gasteiger partial charge in [0.2, 0.25) is 0 Å². The lowest BCUT2D eigenvalue weighted by molar-refractivity contribution is -0.138. The Morgan fingerprint density at radius 3 is 1.83 bits per heavy atom. The van der Waals surface area contributed by atoms with Gasteiger partial charge in [-0.15, -0.1) is 0 Å². The zero-order valence-corrected chi connectivity index (χ0v) is 16.0. The van der Waals surface area contributed by atoms with E-state index in [-0.39, 0.29) is 37.6 Å². The van der Waals surface area contributed by atoms with Gasteiger partial charge in [0.05, 0.1) is 11.1 Å². The zero-order chi connectivity index (χ0) is 21.3. The van der Waals surface area contributed by atoms with Crippen LogP contribution < -0.4 is 0 Å². The molecular weight excluding hydrogens is 393 g/mol.